The molecule has 2 heterocycles. The molecule has 0 radical (unpaired) electrons. The van der Waals surface area contributed by atoms with E-state index in [1.165, 1.54) is 4.31 Å². The zero-order valence-electron chi connectivity index (χ0n) is 28.4. The summed E-state index contributed by atoms with van der Waals surface area (Å²) in [6.45, 7) is 18.2. The summed E-state index contributed by atoms with van der Waals surface area (Å²) in [4.78, 5) is 0. The molecule has 0 saturated heterocycles. The highest BCUT2D eigenvalue weighted by Gasteiger charge is 2.38. The molecular formula is C33H47ClN4O5SSi2. The number of rotatable bonds is 14. The Morgan fingerprint density at radius 2 is 1.67 bits per heavy atom. The second-order valence-electron chi connectivity index (χ2n) is 14.2. The lowest BCUT2D eigenvalue weighted by Gasteiger charge is -2.36. The van der Waals surface area contributed by atoms with Crippen molar-refractivity contribution >= 4 is 44.0 Å². The van der Waals surface area contributed by atoms with E-state index in [0.29, 0.717) is 41.1 Å². The Hall–Kier alpha value is -2.91. The van der Waals surface area contributed by atoms with E-state index in [4.69, 9.17) is 25.2 Å². The summed E-state index contributed by atoms with van der Waals surface area (Å²) >= 11 is 6.08. The number of aryl methyl sites for hydroxylation is 1. The normalized spacial score (nSPS) is 12.8. The first kappa shape index (κ1) is 35.9. The average molecular weight is 703 g/mol. The Labute approximate surface area is 281 Å². The Bertz CT molecular complexity index is 1710. The van der Waals surface area contributed by atoms with E-state index >= 15 is 0 Å². The minimum Gasteiger partial charge on any atom is -0.495 e. The summed E-state index contributed by atoms with van der Waals surface area (Å²) in [7, 11) is -6.11. The van der Waals surface area contributed by atoms with Crippen LogP contribution >= 0.6 is 11.6 Å². The third-order valence-electron chi connectivity index (χ3n) is 8.49. The fourth-order valence-corrected chi connectivity index (χ4v) is 8.18. The number of anilines is 1. The van der Waals surface area contributed by atoms with Gasteiger partial charge in [-0.25, -0.2) is 12.7 Å². The van der Waals surface area contributed by atoms with Gasteiger partial charge in [0.05, 0.1) is 31.4 Å². The topological polar surface area (TPSA) is 99.7 Å². The van der Waals surface area contributed by atoms with Gasteiger partial charge in [0, 0.05) is 25.2 Å². The van der Waals surface area contributed by atoms with Crippen molar-refractivity contribution < 1.29 is 22.0 Å². The summed E-state index contributed by atoms with van der Waals surface area (Å²) in [5.74, 6) is 1.41. The van der Waals surface area contributed by atoms with E-state index in [2.05, 4.69) is 63.7 Å². The van der Waals surface area contributed by atoms with Crippen LogP contribution in [0.1, 0.15) is 31.9 Å². The Balaban J connectivity index is 1.90. The highest BCUT2D eigenvalue weighted by atomic mass is 35.5. The van der Waals surface area contributed by atoms with Crippen molar-refractivity contribution in [3.63, 3.8) is 0 Å². The van der Waals surface area contributed by atoms with Gasteiger partial charge in [0.2, 0.25) is 21.8 Å². The van der Waals surface area contributed by atoms with E-state index < -0.39 is 26.4 Å². The number of nitrogens with zero attached hydrogens (tertiary/aromatic N) is 4. The molecule has 46 heavy (non-hydrogen) atoms. The molecule has 0 N–H and O–H groups in total. The Morgan fingerprint density at radius 3 is 2.26 bits per heavy atom. The van der Waals surface area contributed by atoms with Gasteiger partial charge in [0.1, 0.15) is 5.75 Å². The molecular weight excluding hydrogens is 656 g/mol. The molecule has 0 amide bonds. The summed E-state index contributed by atoms with van der Waals surface area (Å²) in [5, 5.41) is 9.69. The fourth-order valence-electron chi connectivity index (χ4n) is 4.59. The summed E-state index contributed by atoms with van der Waals surface area (Å²) in [6, 6.07) is 17.3. The molecule has 0 unspecified atom stereocenters. The van der Waals surface area contributed by atoms with E-state index in [9.17, 15) is 8.42 Å². The van der Waals surface area contributed by atoms with Crippen molar-refractivity contribution in [2.75, 3.05) is 23.7 Å². The van der Waals surface area contributed by atoms with Crippen molar-refractivity contribution in [3.8, 4) is 23.0 Å². The number of para-hydroxylation sites is 1. The van der Waals surface area contributed by atoms with Crippen LogP contribution in [0.25, 0.3) is 17.3 Å². The minimum atomic E-state index is -3.88. The molecule has 0 fully saturated rings. The molecule has 4 rings (SSSR count). The lowest BCUT2D eigenvalue weighted by molar-refractivity contribution is 0.275. The van der Waals surface area contributed by atoms with Gasteiger partial charge in [-0.3, -0.25) is 4.57 Å². The molecule has 0 atom stereocenters. The van der Waals surface area contributed by atoms with Crippen LogP contribution in [-0.2, 0) is 27.5 Å². The Morgan fingerprint density at radius 1 is 0.978 bits per heavy atom. The SMILES string of the molecule is COc1cccc(CO[Si](C)(C)C(C)(C)C)c1-n1c(-c2ccco2)nnc1N(CC[Si](C)(C)C)S(=O)(=O)CCc1ccc(Cl)cc1. The van der Waals surface area contributed by atoms with Crippen molar-refractivity contribution in [1.82, 2.24) is 14.8 Å². The molecule has 0 spiro atoms. The number of hydrogen-bond donors (Lipinski definition) is 0. The zero-order valence-corrected chi connectivity index (χ0v) is 32.0. The number of halogens is 1. The second-order valence-corrected chi connectivity index (χ2v) is 27.1. The van der Waals surface area contributed by atoms with E-state index in [-0.39, 0.29) is 23.3 Å². The first-order chi connectivity index (χ1) is 21.4. The number of ether oxygens (including phenoxy) is 1. The number of aromatic nitrogens is 3. The van der Waals surface area contributed by atoms with E-state index in [1.807, 2.05) is 30.3 Å². The minimum absolute atomic E-state index is 0.00110. The molecule has 0 aliphatic heterocycles. The van der Waals surface area contributed by atoms with Crippen LogP contribution in [0.3, 0.4) is 0 Å². The molecule has 0 bridgehead atoms. The van der Waals surface area contributed by atoms with Crippen LogP contribution in [0.15, 0.2) is 65.3 Å². The highest BCUT2D eigenvalue weighted by molar-refractivity contribution is 7.92. The number of benzene rings is 2. The largest absolute Gasteiger partial charge is 0.495 e. The lowest BCUT2D eigenvalue weighted by atomic mass is 10.1. The molecule has 0 aliphatic carbocycles. The summed E-state index contributed by atoms with van der Waals surface area (Å²) in [5.41, 5.74) is 2.31. The number of sulfonamides is 1. The van der Waals surface area contributed by atoms with Gasteiger partial charge in [-0.2, -0.15) is 0 Å². The van der Waals surface area contributed by atoms with Crippen LogP contribution < -0.4 is 9.04 Å². The predicted molar refractivity (Wildman–Crippen MR) is 192 cm³/mol. The van der Waals surface area contributed by atoms with Gasteiger partial charge in [0.15, 0.2) is 14.1 Å². The molecule has 4 aromatic rings. The van der Waals surface area contributed by atoms with Crippen LogP contribution in [0, 0.1) is 0 Å². The van der Waals surface area contributed by atoms with Gasteiger partial charge >= 0.3 is 0 Å². The van der Waals surface area contributed by atoms with Gasteiger partial charge in [-0.05, 0) is 66.5 Å². The quantitative estimate of drug-likeness (QED) is 0.122. The highest BCUT2D eigenvalue weighted by Crippen LogP contribution is 2.40. The maximum atomic E-state index is 14.3. The molecule has 0 aliphatic rings. The van der Waals surface area contributed by atoms with Gasteiger partial charge < -0.3 is 13.6 Å². The average Bonchev–Trinajstić information content (AvgIpc) is 3.65. The first-order valence-electron chi connectivity index (χ1n) is 15.5. The van der Waals surface area contributed by atoms with Gasteiger partial charge in [-0.15, -0.1) is 10.2 Å². The molecule has 2 aromatic carbocycles. The van der Waals surface area contributed by atoms with Crippen molar-refractivity contribution in [3.05, 3.63) is 77.0 Å². The molecule has 9 nitrogen and oxygen atoms in total. The van der Waals surface area contributed by atoms with Crippen LogP contribution in [0.5, 0.6) is 5.75 Å². The first-order valence-corrected chi connectivity index (χ1v) is 24.1. The van der Waals surface area contributed by atoms with Crippen LogP contribution in [0.4, 0.5) is 5.95 Å². The monoisotopic (exact) mass is 702 g/mol. The molecule has 13 heteroatoms. The third-order valence-corrected chi connectivity index (χ3v) is 16.7. The zero-order chi connectivity index (χ0) is 33.9. The number of furan rings is 1. The fraction of sp³-hybridized carbons (Fsp3) is 0.455. The van der Waals surface area contributed by atoms with Crippen molar-refractivity contribution in [2.24, 2.45) is 0 Å². The Kier molecular flexibility index (Phi) is 11.0. The van der Waals surface area contributed by atoms with Crippen LogP contribution in [-0.4, -0.2) is 59.0 Å². The van der Waals surface area contributed by atoms with Gasteiger partial charge in [0.25, 0.3) is 0 Å². The van der Waals surface area contributed by atoms with Crippen molar-refractivity contribution in [1.29, 1.82) is 0 Å². The second kappa shape index (κ2) is 14.1. The molecule has 250 valence electrons. The predicted octanol–water partition coefficient (Wildman–Crippen LogP) is 8.43. The summed E-state index contributed by atoms with van der Waals surface area (Å²) < 4.78 is 50.2. The maximum absolute atomic E-state index is 14.3. The van der Waals surface area contributed by atoms with Gasteiger partial charge in [-0.1, -0.05) is 76.3 Å². The standard InChI is InChI=1S/C33H47ClN4O5SSi2/c1-33(2,3)46(8,9)43-24-26-12-10-13-28(41-4)30(26)38-31(29-14-11-21-42-29)35-36-32(38)37(20-23-45(5,6)7)44(39,40)22-19-25-15-17-27(34)18-16-25/h10-18,21H,19-20,22-24H2,1-9H3. The van der Waals surface area contributed by atoms with Crippen LogP contribution in [0.2, 0.25) is 48.8 Å². The van der Waals surface area contributed by atoms with E-state index in [1.54, 1.807) is 42.2 Å². The molecule has 2 aromatic heterocycles. The lowest BCUT2D eigenvalue weighted by Crippen LogP contribution is -2.40. The summed E-state index contributed by atoms with van der Waals surface area (Å²) in [6.07, 6.45) is 1.88. The number of methoxy groups -OCH3 is 1. The van der Waals surface area contributed by atoms with E-state index in [0.717, 1.165) is 17.2 Å². The molecule has 0 saturated carbocycles. The number of hydrogen-bond acceptors (Lipinski definition) is 7. The maximum Gasteiger partial charge on any atom is 0.246 e. The van der Waals surface area contributed by atoms with Crippen molar-refractivity contribution in [2.45, 2.75) is 77.6 Å². The third kappa shape index (κ3) is 8.51. The smallest absolute Gasteiger partial charge is 0.246 e.